The number of hydrogen-bond donors (Lipinski definition) is 0. The number of likely N-dealkylation sites (tertiary alicyclic amines) is 1. The Kier molecular flexibility index (Phi) is 4.88. The molecule has 0 aromatic heterocycles. The van der Waals surface area contributed by atoms with Crippen LogP contribution >= 0.6 is 11.6 Å². The summed E-state index contributed by atoms with van der Waals surface area (Å²) in [7, 11) is 0. The van der Waals surface area contributed by atoms with Crippen LogP contribution in [-0.4, -0.2) is 24.1 Å². The van der Waals surface area contributed by atoms with Crippen LogP contribution in [0.25, 0.3) is 0 Å². The molecule has 0 saturated carbocycles. The molecule has 0 aliphatic carbocycles. The zero-order chi connectivity index (χ0) is 12.8. The van der Waals surface area contributed by atoms with Crippen molar-refractivity contribution < 1.29 is 9.53 Å². The molecule has 4 heteroatoms. The lowest BCUT2D eigenvalue weighted by Crippen LogP contribution is -2.35. The van der Waals surface area contributed by atoms with Gasteiger partial charge >= 0.3 is 6.09 Å². The minimum atomic E-state index is -0.198. The molecule has 1 fully saturated rings. The number of benzene rings is 1. The van der Waals surface area contributed by atoms with Crippen LogP contribution in [0.1, 0.15) is 30.4 Å². The minimum absolute atomic E-state index is 0.198. The Balaban J connectivity index is 1.80. The van der Waals surface area contributed by atoms with Crippen LogP contribution in [0, 0.1) is 0 Å². The molecule has 1 saturated heterocycles. The van der Waals surface area contributed by atoms with Gasteiger partial charge in [-0.3, -0.25) is 0 Å². The SMILES string of the molecule is O=C(OCc1ccc(CCl)cc1)N1CCCCC1. The normalized spacial score (nSPS) is 15.5. The highest BCUT2D eigenvalue weighted by molar-refractivity contribution is 6.17. The summed E-state index contributed by atoms with van der Waals surface area (Å²) < 4.78 is 5.30. The molecule has 0 radical (unpaired) electrons. The largest absolute Gasteiger partial charge is 0.445 e. The predicted molar refractivity (Wildman–Crippen MR) is 71.6 cm³/mol. The molecule has 1 aliphatic heterocycles. The second-order valence-corrected chi connectivity index (χ2v) is 4.82. The number of ether oxygens (including phenoxy) is 1. The van der Waals surface area contributed by atoms with Crippen LogP contribution in [0.5, 0.6) is 0 Å². The predicted octanol–water partition coefficient (Wildman–Crippen LogP) is 3.55. The number of nitrogens with zero attached hydrogens (tertiary/aromatic N) is 1. The number of halogens is 1. The molecule has 0 bridgehead atoms. The van der Waals surface area contributed by atoms with E-state index in [1.807, 2.05) is 24.3 Å². The molecule has 0 unspecified atom stereocenters. The van der Waals surface area contributed by atoms with E-state index in [-0.39, 0.29) is 6.09 Å². The molecule has 0 N–H and O–H groups in total. The maximum absolute atomic E-state index is 11.8. The molecule has 18 heavy (non-hydrogen) atoms. The molecular formula is C14H18ClNO2. The summed E-state index contributed by atoms with van der Waals surface area (Å²) in [6, 6.07) is 7.80. The maximum atomic E-state index is 11.8. The quantitative estimate of drug-likeness (QED) is 0.784. The first-order valence-corrected chi connectivity index (χ1v) is 6.88. The third kappa shape index (κ3) is 3.64. The summed E-state index contributed by atoms with van der Waals surface area (Å²) >= 11 is 5.72. The van der Waals surface area contributed by atoms with E-state index >= 15 is 0 Å². The first-order valence-electron chi connectivity index (χ1n) is 6.35. The highest BCUT2D eigenvalue weighted by Gasteiger charge is 2.17. The average molecular weight is 268 g/mol. The summed E-state index contributed by atoms with van der Waals surface area (Å²) in [4.78, 5) is 13.6. The van der Waals surface area contributed by atoms with Gasteiger partial charge in [-0.25, -0.2) is 4.79 Å². The fraction of sp³-hybridized carbons (Fsp3) is 0.500. The number of hydrogen-bond acceptors (Lipinski definition) is 2. The summed E-state index contributed by atoms with van der Waals surface area (Å²) in [5.74, 6) is 0.508. The van der Waals surface area contributed by atoms with E-state index in [2.05, 4.69) is 0 Å². The first-order chi connectivity index (χ1) is 8.79. The molecule has 1 amide bonds. The zero-order valence-electron chi connectivity index (χ0n) is 10.4. The van der Waals surface area contributed by atoms with Crippen molar-refractivity contribution in [2.45, 2.75) is 31.7 Å². The molecular weight excluding hydrogens is 250 g/mol. The monoisotopic (exact) mass is 267 g/mol. The number of carbonyl (C=O) groups excluding carboxylic acids is 1. The van der Waals surface area contributed by atoms with E-state index in [0.717, 1.165) is 37.1 Å². The van der Waals surface area contributed by atoms with Gasteiger partial charge in [0.15, 0.2) is 0 Å². The van der Waals surface area contributed by atoms with E-state index in [1.54, 1.807) is 4.90 Å². The molecule has 1 aromatic carbocycles. The van der Waals surface area contributed by atoms with Gasteiger partial charge in [0.25, 0.3) is 0 Å². The Bertz CT molecular complexity index is 385. The van der Waals surface area contributed by atoms with E-state index < -0.39 is 0 Å². The van der Waals surface area contributed by atoms with Crippen molar-refractivity contribution in [3.8, 4) is 0 Å². The molecule has 98 valence electrons. The zero-order valence-corrected chi connectivity index (χ0v) is 11.2. The van der Waals surface area contributed by atoms with Gasteiger partial charge in [0, 0.05) is 19.0 Å². The van der Waals surface area contributed by atoms with Crippen molar-refractivity contribution in [2.75, 3.05) is 13.1 Å². The number of amides is 1. The summed E-state index contributed by atoms with van der Waals surface area (Å²) in [5, 5.41) is 0. The van der Waals surface area contributed by atoms with E-state index in [1.165, 1.54) is 6.42 Å². The van der Waals surface area contributed by atoms with Gasteiger partial charge in [0.05, 0.1) is 0 Å². The second kappa shape index (κ2) is 6.64. The maximum Gasteiger partial charge on any atom is 0.410 e. The van der Waals surface area contributed by atoms with Crippen molar-refractivity contribution in [1.82, 2.24) is 4.90 Å². The molecule has 0 atom stereocenters. The molecule has 1 heterocycles. The summed E-state index contributed by atoms with van der Waals surface area (Å²) in [6.07, 6.45) is 3.18. The van der Waals surface area contributed by atoms with Crippen LogP contribution in [0.4, 0.5) is 4.79 Å². The Labute approximate surface area is 113 Å². The topological polar surface area (TPSA) is 29.5 Å². The van der Waals surface area contributed by atoms with Crippen LogP contribution in [0.15, 0.2) is 24.3 Å². The number of piperidine rings is 1. The van der Waals surface area contributed by atoms with Crippen LogP contribution in [0.3, 0.4) is 0 Å². The van der Waals surface area contributed by atoms with Crippen molar-refractivity contribution >= 4 is 17.7 Å². The fourth-order valence-electron chi connectivity index (χ4n) is 2.04. The fourth-order valence-corrected chi connectivity index (χ4v) is 2.22. The lowest BCUT2D eigenvalue weighted by atomic mass is 10.1. The molecule has 0 spiro atoms. The van der Waals surface area contributed by atoms with Crippen molar-refractivity contribution in [1.29, 1.82) is 0 Å². The van der Waals surface area contributed by atoms with Crippen LogP contribution in [0.2, 0.25) is 0 Å². The lowest BCUT2D eigenvalue weighted by Gasteiger charge is -2.25. The van der Waals surface area contributed by atoms with Gasteiger partial charge in [0.2, 0.25) is 0 Å². The van der Waals surface area contributed by atoms with Gasteiger partial charge < -0.3 is 9.64 Å². The van der Waals surface area contributed by atoms with Gasteiger partial charge in [-0.05, 0) is 30.4 Å². The second-order valence-electron chi connectivity index (χ2n) is 4.55. The van der Waals surface area contributed by atoms with Crippen LogP contribution < -0.4 is 0 Å². The van der Waals surface area contributed by atoms with Crippen molar-refractivity contribution in [3.05, 3.63) is 35.4 Å². The Hall–Kier alpha value is -1.22. The highest BCUT2D eigenvalue weighted by atomic mass is 35.5. The lowest BCUT2D eigenvalue weighted by molar-refractivity contribution is 0.0894. The molecule has 1 aromatic rings. The van der Waals surface area contributed by atoms with Gasteiger partial charge in [-0.2, -0.15) is 0 Å². The van der Waals surface area contributed by atoms with Crippen LogP contribution in [-0.2, 0) is 17.2 Å². The molecule has 1 aliphatic rings. The van der Waals surface area contributed by atoms with E-state index in [0.29, 0.717) is 12.5 Å². The number of rotatable bonds is 3. The van der Waals surface area contributed by atoms with E-state index in [4.69, 9.17) is 16.3 Å². The average Bonchev–Trinajstić information content (AvgIpc) is 2.46. The van der Waals surface area contributed by atoms with Gasteiger partial charge in [-0.1, -0.05) is 24.3 Å². The van der Waals surface area contributed by atoms with Crippen molar-refractivity contribution in [3.63, 3.8) is 0 Å². The number of alkyl halides is 1. The Morgan fingerprint density at radius 2 is 1.72 bits per heavy atom. The smallest absolute Gasteiger partial charge is 0.410 e. The summed E-state index contributed by atoms with van der Waals surface area (Å²) in [5.41, 5.74) is 2.07. The summed E-state index contributed by atoms with van der Waals surface area (Å²) in [6.45, 7) is 1.98. The number of carbonyl (C=O) groups is 1. The third-order valence-electron chi connectivity index (χ3n) is 3.15. The van der Waals surface area contributed by atoms with Gasteiger partial charge in [-0.15, -0.1) is 11.6 Å². The minimum Gasteiger partial charge on any atom is -0.445 e. The molecule has 3 nitrogen and oxygen atoms in total. The standard InChI is InChI=1S/C14H18ClNO2/c15-10-12-4-6-13(7-5-12)11-18-14(17)16-8-2-1-3-9-16/h4-7H,1-3,8-11H2. The first kappa shape index (κ1) is 13.2. The highest BCUT2D eigenvalue weighted by Crippen LogP contribution is 2.12. The van der Waals surface area contributed by atoms with Crippen molar-refractivity contribution in [2.24, 2.45) is 0 Å². The molecule has 2 rings (SSSR count). The Morgan fingerprint density at radius 3 is 2.33 bits per heavy atom. The van der Waals surface area contributed by atoms with E-state index in [9.17, 15) is 4.79 Å². The Morgan fingerprint density at radius 1 is 1.11 bits per heavy atom. The third-order valence-corrected chi connectivity index (χ3v) is 3.46. The van der Waals surface area contributed by atoms with Gasteiger partial charge in [0.1, 0.15) is 6.61 Å².